The van der Waals surface area contributed by atoms with Crippen molar-refractivity contribution in [2.24, 2.45) is 16.5 Å². The van der Waals surface area contributed by atoms with E-state index in [0.29, 0.717) is 11.8 Å². The molecule has 2 aromatic carbocycles. The van der Waals surface area contributed by atoms with Crippen LogP contribution in [0, 0.1) is 0 Å². The second-order valence-electron chi connectivity index (χ2n) is 17.4. The molecule has 78 heavy (non-hydrogen) atoms. The van der Waals surface area contributed by atoms with Crippen LogP contribution in [0.15, 0.2) is 71.9 Å². The molecule has 420 valence electrons. The molecule has 30 heteroatoms. The molecule has 2 bridgehead atoms. The summed E-state index contributed by atoms with van der Waals surface area (Å²) in [4.78, 5) is 177. The highest BCUT2D eigenvalue weighted by Crippen LogP contribution is 2.13. The molecule has 3 aliphatic heterocycles. The van der Waals surface area contributed by atoms with Gasteiger partial charge in [0.2, 0.25) is 53.2 Å². The van der Waals surface area contributed by atoms with Crippen LogP contribution in [0.2, 0.25) is 0 Å². The minimum Gasteiger partial charge on any atom is -0.508 e. The summed E-state index contributed by atoms with van der Waals surface area (Å²) in [5, 5.41) is 47.8. The summed E-state index contributed by atoms with van der Waals surface area (Å²) in [6.45, 7) is -1.35. The van der Waals surface area contributed by atoms with Crippen LogP contribution in [0.1, 0.15) is 43.2 Å². The van der Waals surface area contributed by atoms with Gasteiger partial charge in [-0.2, -0.15) is 0 Å². The molecular weight excluding hydrogens is 1050 g/mol. The number of rotatable bonds is 12. The Kier molecular flexibility index (Phi) is 24.6. The van der Waals surface area contributed by atoms with Crippen molar-refractivity contribution in [3.8, 4) is 5.75 Å². The zero-order valence-corrected chi connectivity index (χ0v) is 42.3. The number of amides is 11. The monoisotopic (exact) mass is 1110 g/mol. The summed E-state index contributed by atoms with van der Waals surface area (Å²) in [6.07, 6.45) is -1.14. The molecule has 2 aromatic rings. The van der Waals surface area contributed by atoms with Gasteiger partial charge in [-0.05, 0) is 42.2 Å². The quantitative estimate of drug-likeness (QED) is 0.0886. The number of ether oxygens (including phenoxy) is 2. The highest BCUT2D eigenvalue weighted by Gasteiger charge is 2.36. The summed E-state index contributed by atoms with van der Waals surface area (Å²) < 4.78 is 11.2. The summed E-state index contributed by atoms with van der Waals surface area (Å²) >= 11 is 0.762. The number of fused-ring (bicyclic) bond motifs is 31. The van der Waals surface area contributed by atoms with Crippen molar-refractivity contribution in [1.29, 1.82) is 0 Å². The highest BCUT2D eigenvalue weighted by molar-refractivity contribution is 8.00. The molecule has 0 unspecified atom stereocenters. The van der Waals surface area contributed by atoms with Crippen molar-refractivity contribution in [1.82, 2.24) is 42.5 Å². The number of carboxylic acids is 2. The smallest absolute Gasteiger partial charge is 0.305 e. The predicted molar refractivity (Wildman–Crippen MR) is 271 cm³/mol. The van der Waals surface area contributed by atoms with Crippen LogP contribution in [0.25, 0.3) is 0 Å². The van der Waals surface area contributed by atoms with Gasteiger partial charge in [0.05, 0.1) is 44.3 Å². The number of carbonyl (C=O) groups excluding carboxylic acids is 11. The number of phenolic OH excluding ortho intramolecular Hbond substituents is 1. The number of aliphatic carboxylic acids is 2. The van der Waals surface area contributed by atoms with Gasteiger partial charge in [0.25, 0.3) is 11.8 Å². The van der Waals surface area contributed by atoms with Gasteiger partial charge in [-0.3, -0.25) is 62.3 Å². The van der Waals surface area contributed by atoms with Gasteiger partial charge in [-0.15, -0.1) is 11.8 Å². The highest BCUT2D eigenvalue weighted by atomic mass is 32.2. The summed E-state index contributed by atoms with van der Waals surface area (Å²) in [5.41, 5.74) is 11.7. The van der Waals surface area contributed by atoms with E-state index in [1.54, 1.807) is 30.3 Å². The number of nitrogens with zero attached hydrogens (tertiary/aromatic N) is 1. The lowest BCUT2D eigenvalue weighted by atomic mass is 10.0. The van der Waals surface area contributed by atoms with E-state index in [2.05, 4.69) is 47.5 Å². The van der Waals surface area contributed by atoms with Crippen molar-refractivity contribution in [2.75, 3.05) is 31.3 Å². The molecule has 0 aromatic heterocycles. The Morgan fingerprint density at radius 3 is 1.82 bits per heavy atom. The normalized spacial score (nSPS) is 24.7. The molecule has 0 saturated carbocycles. The zero-order valence-electron chi connectivity index (χ0n) is 41.5. The number of aliphatic imine (C=N–C) groups is 1. The number of hydrogen-bond donors (Lipinski definition) is 13. The maximum Gasteiger partial charge on any atom is 0.305 e. The van der Waals surface area contributed by atoms with E-state index < -0.39 is 176 Å². The largest absolute Gasteiger partial charge is 0.508 e. The number of thioether (sulfide) groups is 1. The second kappa shape index (κ2) is 31.2. The molecule has 0 saturated heterocycles. The van der Waals surface area contributed by atoms with Crippen molar-refractivity contribution in [3.05, 3.63) is 78.1 Å². The summed E-state index contributed by atoms with van der Waals surface area (Å²) in [5.74, 6) is -16.8. The van der Waals surface area contributed by atoms with E-state index in [1.165, 1.54) is 30.3 Å². The van der Waals surface area contributed by atoms with Crippen LogP contribution in [0.4, 0.5) is 0 Å². The first-order valence-corrected chi connectivity index (χ1v) is 25.0. The Morgan fingerprint density at radius 1 is 0.628 bits per heavy atom. The Hall–Kier alpha value is -8.93. The Bertz CT molecular complexity index is 2600. The molecule has 8 atom stereocenters. The third-order valence-electron chi connectivity index (χ3n) is 11.2. The molecule has 29 nitrogen and oxygen atoms in total. The van der Waals surface area contributed by atoms with Gasteiger partial charge in [-0.1, -0.05) is 42.5 Å². The van der Waals surface area contributed by atoms with Gasteiger partial charge in [-0.25, -0.2) is 4.99 Å². The molecule has 15 N–H and O–H groups in total. The SMILES string of the molecule is NC(=O)C[C@@H]1NC(=O)[C@H](CC(=O)O)NC(=O)[C@H](Cc2ccc(O)cc2)NC(=O)C=NC(=O)[C@H](CCC(=O)O)NC(=O)[C@H](Cc2ccccc2)NC(=O)[C@@H]2CO/C=C/CCOC[C@H](NC1=O)C(=O)N[C@@H](C(N)=O)CSCC(=O)N2. The molecule has 0 radical (unpaired) electrons. The van der Waals surface area contributed by atoms with Crippen LogP contribution in [0.5, 0.6) is 5.75 Å². The number of primary amides is 2. The number of nitrogens with two attached hydrogens (primary N) is 2. The van der Waals surface area contributed by atoms with Gasteiger partial charge in [0, 0.05) is 25.0 Å². The number of hydrogen-bond acceptors (Lipinski definition) is 17. The Labute approximate surface area is 448 Å². The van der Waals surface area contributed by atoms with E-state index in [0.717, 1.165) is 18.0 Å². The standard InChI is InChI=1S/C48H59N11O18S/c49-36(61)18-31-45(72)58-34-22-77-15-5-4-14-76-21-33(53-38(63)24-78-23-35(41(50)68)59-48(34)75)47(74)55-30(16-25-6-2-1-3-7-25)44(71)54-28(12-13-39(64)65)42(69)51-20-37(62)52-29(17-26-8-10-27(60)11-9-26)43(70)57-32(19-40(66)67)46(73)56-31/h1-4,6-11,14,20,28-35,60H,5,12-13,15-19,21-24H2,(H2,49,61)(H2,50,68)(H,52,62)(H,53,63)(H,54,71)(H,55,74)(H,56,73)(H,57,70)(H,58,72)(H,59,75)(H,64,65)(H,66,67)/b14-4+,51-20?/t28-,29-,30-,31-,32-,33-,34-,35+/m0/s1. The average Bonchev–Trinajstić information content (AvgIpc) is 3.38. The van der Waals surface area contributed by atoms with E-state index in [4.69, 9.17) is 20.9 Å². The first kappa shape index (κ1) is 61.6. The second-order valence-corrected chi connectivity index (χ2v) is 18.4. The van der Waals surface area contributed by atoms with Gasteiger partial charge >= 0.3 is 11.9 Å². The lowest BCUT2D eigenvalue weighted by molar-refractivity contribution is -0.142. The maximum atomic E-state index is 14.2. The van der Waals surface area contributed by atoms with Crippen LogP contribution in [0.3, 0.4) is 0 Å². The Balaban J connectivity index is 1.84. The molecule has 0 aliphatic carbocycles. The number of benzene rings is 2. The van der Waals surface area contributed by atoms with E-state index in [9.17, 15) is 77.6 Å². The van der Waals surface area contributed by atoms with Crippen molar-refractivity contribution < 1.29 is 87.1 Å². The van der Waals surface area contributed by atoms with Gasteiger partial charge < -0.3 is 78.8 Å². The lowest BCUT2D eigenvalue weighted by Gasteiger charge is -2.26. The third kappa shape index (κ3) is 21.7. The first-order chi connectivity index (χ1) is 37.1. The van der Waals surface area contributed by atoms with Gasteiger partial charge in [0.1, 0.15) is 60.7 Å². The summed E-state index contributed by atoms with van der Waals surface area (Å²) in [6, 6.07) is -0.592. The Morgan fingerprint density at radius 2 is 1.19 bits per heavy atom. The van der Waals surface area contributed by atoms with E-state index in [-0.39, 0.29) is 36.5 Å². The molecule has 0 fully saturated rings. The van der Waals surface area contributed by atoms with Gasteiger partial charge in [0.15, 0.2) is 0 Å². The van der Waals surface area contributed by atoms with E-state index in [1.807, 2.05) is 0 Å². The molecule has 3 aliphatic rings. The maximum absolute atomic E-state index is 14.2. The molecule has 5 rings (SSSR count). The van der Waals surface area contributed by atoms with E-state index >= 15 is 0 Å². The zero-order chi connectivity index (χ0) is 57.3. The van der Waals surface area contributed by atoms with Crippen LogP contribution < -0.4 is 54.0 Å². The fourth-order valence-electron chi connectivity index (χ4n) is 7.22. The number of carbonyl (C=O) groups is 13. The lowest BCUT2D eigenvalue weighted by Crippen LogP contribution is -2.60. The van der Waals surface area contributed by atoms with Crippen LogP contribution in [-0.2, 0) is 84.6 Å². The first-order valence-electron chi connectivity index (χ1n) is 23.8. The molecule has 11 amide bonds. The molecular formula is C48H59N11O18S. The third-order valence-corrected chi connectivity index (χ3v) is 12.2. The predicted octanol–water partition coefficient (Wildman–Crippen LogP) is -4.95. The van der Waals surface area contributed by atoms with Crippen molar-refractivity contribution in [2.45, 2.75) is 93.3 Å². The number of phenols is 1. The van der Waals surface area contributed by atoms with Crippen molar-refractivity contribution >= 4 is 94.9 Å². The molecule has 3 heterocycles. The summed E-state index contributed by atoms with van der Waals surface area (Å²) in [7, 11) is 0. The fourth-order valence-corrected chi connectivity index (χ4v) is 8.09. The minimum absolute atomic E-state index is 0.0493. The average molecular weight is 1110 g/mol. The minimum atomic E-state index is -2.08. The van der Waals surface area contributed by atoms with Crippen LogP contribution in [-0.4, -0.2) is 178 Å². The molecule has 0 spiro atoms. The topological polar surface area (TPSA) is 462 Å². The van der Waals surface area contributed by atoms with Crippen LogP contribution >= 0.6 is 11.8 Å². The fraction of sp³-hybridized carbons (Fsp3) is 0.417. The number of aromatic hydroxyl groups is 1. The number of nitrogens with one attached hydrogen (secondary N) is 8. The van der Waals surface area contributed by atoms with Crippen molar-refractivity contribution in [3.63, 3.8) is 0 Å². The number of carboxylic acid groups (broad SMARTS) is 2.